The first-order chi connectivity index (χ1) is 13.2. The lowest BCUT2D eigenvalue weighted by atomic mass is 10.3. The summed E-state index contributed by atoms with van der Waals surface area (Å²) < 4.78 is 11.7. The molecule has 1 aliphatic heterocycles. The Labute approximate surface area is 168 Å². The highest BCUT2D eigenvalue weighted by atomic mass is 35.5. The molecule has 1 fully saturated rings. The predicted molar refractivity (Wildman–Crippen MR) is 108 cm³/mol. The Bertz CT molecular complexity index is 747. The van der Waals surface area contributed by atoms with E-state index in [9.17, 15) is 4.79 Å². The van der Waals surface area contributed by atoms with E-state index in [2.05, 4.69) is 16.3 Å². The smallest absolute Gasteiger partial charge is 0.317 e. The highest BCUT2D eigenvalue weighted by Crippen LogP contribution is 2.25. The van der Waals surface area contributed by atoms with Crippen molar-refractivity contribution in [3.05, 3.63) is 45.6 Å². The summed E-state index contributed by atoms with van der Waals surface area (Å²) in [6.07, 6.45) is 0. The van der Waals surface area contributed by atoms with Gasteiger partial charge in [0.1, 0.15) is 6.61 Å². The summed E-state index contributed by atoms with van der Waals surface area (Å²) in [6, 6.07) is 11.4. The number of nitrogens with one attached hydrogen (secondary N) is 1. The largest absolute Gasteiger partial charge is 0.493 e. The number of piperazine rings is 1. The predicted octanol–water partition coefficient (Wildman–Crippen LogP) is 3.32. The van der Waals surface area contributed by atoms with Gasteiger partial charge in [0.05, 0.1) is 18.0 Å². The molecule has 3 rings (SSSR count). The molecule has 0 saturated carbocycles. The molecule has 1 saturated heterocycles. The lowest BCUT2D eigenvalue weighted by Gasteiger charge is -2.34. The maximum Gasteiger partial charge on any atom is 0.317 e. The van der Waals surface area contributed by atoms with E-state index in [0.717, 1.165) is 37.1 Å². The van der Waals surface area contributed by atoms with Crippen molar-refractivity contribution < 1.29 is 14.3 Å². The molecule has 0 spiro atoms. The molecule has 0 bridgehead atoms. The van der Waals surface area contributed by atoms with Crippen LogP contribution in [0.1, 0.15) is 4.88 Å². The monoisotopic (exact) mass is 409 g/mol. The van der Waals surface area contributed by atoms with Crippen LogP contribution in [0.3, 0.4) is 0 Å². The van der Waals surface area contributed by atoms with E-state index in [4.69, 9.17) is 21.1 Å². The average molecular weight is 410 g/mol. The molecule has 0 radical (unpaired) electrons. The van der Waals surface area contributed by atoms with E-state index in [1.165, 1.54) is 4.88 Å². The lowest BCUT2D eigenvalue weighted by molar-refractivity contribution is 0.135. The van der Waals surface area contributed by atoms with E-state index in [1.54, 1.807) is 18.4 Å². The lowest BCUT2D eigenvalue weighted by Crippen LogP contribution is -2.51. The Balaban J connectivity index is 1.34. The number of hydrogen-bond donors (Lipinski definition) is 1. The SMILES string of the molecule is COc1ccccc1OCCNC(=O)N1CCN(Cc2ccc(Cl)s2)CC1. The van der Waals surface area contributed by atoms with Crippen molar-refractivity contribution in [3.63, 3.8) is 0 Å². The van der Waals surface area contributed by atoms with E-state index in [1.807, 2.05) is 35.2 Å². The van der Waals surface area contributed by atoms with E-state index in [-0.39, 0.29) is 6.03 Å². The normalized spacial score (nSPS) is 14.8. The fraction of sp³-hybridized carbons (Fsp3) is 0.421. The number of carbonyl (C=O) groups is 1. The molecule has 146 valence electrons. The minimum atomic E-state index is -0.0440. The second kappa shape index (κ2) is 9.82. The average Bonchev–Trinajstić information content (AvgIpc) is 3.10. The van der Waals surface area contributed by atoms with Gasteiger partial charge in [-0.1, -0.05) is 23.7 Å². The van der Waals surface area contributed by atoms with Gasteiger partial charge in [-0.15, -0.1) is 11.3 Å². The molecular weight excluding hydrogens is 386 g/mol. The molecule has 2 amide bonds. The maximum absolute atomic E-state index is 12.3. The van der Waals surface area contributed by atoms with Crippen molar-refractivity contribution in [3.8, 4) is 11.5 Å². The third kappa shape index (κ3) is 5.76. The minimum Gasteiger partial charge on any atom is -0.493 e. The zero-order valence-corrected chi connectivity index (χ0v) is 16.9. The van der Waals surface area contributed by atoms with E-state index in [0.29, 0.717) is 24.7 Å². The van der Waals surface area contributed by atoms with Crippen LogP contribution in [0.5, 0.6) is 11.5 Å². The summed E-state index contributed by atoms with van der Waals surface area (Å²) in [5, 5.41) is 2.92. The Hall–Kier alpha value is -1.96. The number of methoxy groups -OCH3 is 1. The molecule has 1 N–H and O–H groups in total. The van der Waals surface area contributed by atoms with Crippen LogP contribution in [0.15, 0.2) is 36.4 Å². The molecule has 2 heterocycles. The van der Waals surface area contributed by atoms with Gasteiger partial charge >= 0.3 is 6.03 Å². The number of nitrogens with zero attached hydrogens (tertiary/aromatic N) is 2. The standard InChI is InChI=1S/C19H24ClN3O3S/c1-25-16-4-2-3-5-17(16)26-13-8-21-19(24)23-11-9-22(10-12-23)14-15-6-7-18(20)27-15/h2-7H,8-14H2,1H3,(H,21,24). The van der Waals surface area contributed by atoms with Crippen LogP contribution in [0.4, 0.5) is 4.79 Å². The van der Waals surface area contributed by atoms with Crippen LogP contribution in [0, 0.1) is 0 Å². The molecule has 0 aliphatic carbocycles. The van der Waals surface area contributed by atoms with Gasteiger partial charge in [0.25, 0.3) is 0 Å². The Morgan fingerprint density at radius 1 is 1.15 bits per heavy atom. The first kappa shape index (κ1) is 19.8. The highest BCUT2D eigenvalue weighted by Gasteiger charge is 2.21. The van der Waals surface area contributed by atoms with Crippen LogP contribution < -0.4 is 14.8 Å². The Kier molecular flexibility index (Phi) is 7.20. The first-order valence-corrected chi connectivity index (χ1v) is 10.1. The number of para-hydroxylation sites is 2. The van der Waals surface area contributed by atoms with Gasteiger partial charge in [-0.05, 0) is 24.3 Å². The number of urea groups is 1. The topological polar surface area (TPSA) is 54.0 Å². The summed E-state index contributed by atoms with van der Waals surface area (Å²) in [5.41, 5.74) is 0. The van der Waals surface area contributed by atoms with Crippen molar-refractivity contribution in [2.24, 2.45) is 0 Å². The Morgan fingerprint density at radius 2 is 1.89 bits per heavy atom. The van der Waals surface area contributed by atoms with Gasteiger partial charge in [0, 0.05) is 37.6 Å². The second-order valence-corrected chi connectivity index (χ2v) is 8.00. The molecule has 8 heteroatoms. The first-order valence-electron chi connectivity index (χ1n) is 8.91. The summed E-state index contributed by atoms with van der Waals surface area (Å²) in [5.74, 6) is 1.36. The van der Waals surface area contributed by atoms with Gasteiger partial charge in [-0.25, -0.2) is 4.79 Å². The van der Waals surface area contributed by atoms with Crippen LogP contribution in [-0.4, -0.2) is 62.3 Å². The number of rotatable bonds is 7. The number of hydrogen-bond acceptors (Lipinski definition) is 5. The summed E-state index contributed by atoms with van der Waals surface area (Å²) in [4.78, 5) is 17.7. The molecule has 0 atom stereocenters. The fourth-order valence-electron chi connectivity index (χ4n) is 2.93. The maximum atomic E-state index is 12.3. The van der Waals surface area contributed by atoms with Gasteiger partial charge in [0.2, 0.25) is 0 Å². The number of halogens is 1. The molecule has 1 aromatic heterocycles. The van der Waals surface area contributed by atoms with Crippen LogP contribution >= 0.6 is 22.9 Å². The number of thiophene rings is 1. The van der Waals surface area contributed by atoms with E-state index >= 15 is 0 Å². The molecule has 27 heavy (non-hydrogen) atoms. The third-order valence-corrected chi connectivity index (χ3v) is 5.59. The molecule has 1 aromatic carbocycles. The van der Waals surface area contributed by atoms with Crippen molar-refractivity contribution >= 4 is 29.0 Å². The number of amides is 2. The molecule has 1 aliphatic rings. The molecular formula is C19H24ClN3O3S. The zero-order chi connectivity index (χ0) is 19.1. The van der Waals surface area contributed by atoms with Crippen molar-refractivity contribution in [1.82, 2.24) is 15.1 Å². The zero-order valence-electron chi connectivity index (χ0n) is 15.3. The van der Waals surface area contributed by atoms with Crippen LogP contribution in [-0.2, 0) is 6.54 Å². The number of benzene rings is 1. The minimum absolute atomic E-state index is 0.0440. The third-order valence-electron chi connectivity index (χ3n) is 4.37. The molecule has 2 aromatic rings. The molecule has 6 nitrogen and oxygen atoms in total. The highest BCUT2D eigenvalue weighted by molar-refractivity contribution is 7.16. The van der Waals surface area contributed by atoms with Gasteiger partial charge < -0.3 is 19.7 Å². The van der Waals surface area contributed by atoms with Crippen molar-refractivity contribution in [2.75, 3.05) is 46.4 Å². The van der Waals surface area contributed by atoms with E-state index < -0.39 is 0 Å². The van der Waals surface area contributed by atoms with Gasteiger partial charge in [0.15, 0.2) is 11.5 Å². The summed E-state index contributed by atoms with van der Waals surface area (Å²) in [6.45, 7) is 4.90. The van der Waals surface area contributed by atoms with Crippen molar-refractivity contribution in [1.29, 1.82) is 0 Å². The van der Waals surface area contributed by atoms with Crippen LogP contribution in [0.25, 0.3) is 0 Å². The Morgan fingerprint density at radius 3 is 2.56 bits per heavy atom. The van der Waals surface area contributed by atoms with Crippen molar-refractivity contribution in [2.45, 2.75) is 6.54 Å². The number of carbonyl (C=O) groups excluding carboxylic acids is 1. The summed E-state index contributed by atoms with van der Waals surface area (Å²) in [7, 11) is 1.61. The molecule has 0 unspecified atom stereocenters. The quantitative estimate of drug-likeness (QED) is 0.713. The number of ether oxygens (including phenoxy) is 2. The fourth-order valence-corrected chi connectivity index (χ4v) is 4.07. The summed E-state index contributed by atoms with van der Waals surface area (Å²) >= 11 is 7.59. The second-order valence-electron chi connectivity index (χ2n) is 6.20. The van der Waals surface area contributed by atoms with Gasteiger partial charge in [-0.2, -0.15) is 0 Å². The van der Waals surface area contributed by atoms with Gasteiger partial charge in [-0.3, -0.25) is 4.90 Å². The van der Waals surface area contributed by atoms with Crippen LogP contribution in [0.2, 0.25) is 4.34 Å².